The number of rotatable bonds is 6. The molecule has 0 bridgehead atoms. The minimum Gasteiger partial charge on any atom is -0.325 e. The number of aromatic nitrogens is 3. The normalized spacial score (nSPS) is 11.4. The molecule has 0 aliphatic carbocycles. The van der Waals surface area contributed by atoms with E-state index in [0.717, 1.165) is 11.3 Å². The first-order valence-corrected chi connectivity index (χ1v) is 10.8. The summed E-state index contributed by atoms with van der Waals surface area (Å²) in [5.74, 6) is -0.211. The maximum atomic E-state index is 12.3. The molecule has 0 fully saturated rings. The quantitative estimate of drug-likeness (QED) is 0.594. The van der Waals surface area contributed by atoms with Crippen LogP contribution in [0.2, 0.25) is 0 Å². The number of anilines is 1. The average Bonchev–Trinajstić information content (AvgIpc) is 3.09. The second kappa shape index (κ2) is 8.13. The van der Waals surface area contributed by atoms with E-state index in [1.165, 1.54) is 17.8 Å². The molecule has 1 heterocycles. The molecular weight excluding hydrogens is 398 g/mol. The lowest BCUT2D eigenvalue weighted by Crippen LogP contribution is -2.17. The van der Waals surface area contributed by atoms with Crippen molar-refractivity contribution in [3.63, 3.8) is 0 Å². The van der Waals surface area contributed by atoms with E-state index >= 15 is 0 Å². The van der Waals surface area contributed by atoms with Gasteiger partial charge in [-0.25, -0.2) is 13.6 Å². The topological polar surface area (TPSA) is 120 Å². The van der Waals surface area contributed by atoms with E-state index in [9.17, 15) is 13.2 Å². The van der Waals surface area contributed by atoms with Crippen molar-refractivity contribution >= 4 is 33.4 Å². The minimum atomic E-state index is -3.86. The summed E-state index contributed by atoms with van der Waals surface area (Å²) in [7, 11) is -3.86. The zero-order valence-electron chi connectivity index (χ0n) is 15.3. The molecule has 3 aromatic rings. The number of hydrogen-bond donors (Lipinski definition) is 2. The molecule has 0 aliphatic heterocycles. The number of nitrogens with two attached hydrogens (primary N) is 1. The highest BCUT2D eigenvalue weighted by Gasteiger charge is 2.15. The number of amides is 1. The van der Waals surface area contributed by atoms with Crippen molar-refractivity contribution in [2.24, 2.45) is 5.14 Å². The largest absolute Gasteiger partial charge is 0.325 e. The molecular formula is C18H19N5O3S2. The Hall–Kier alpha value is -2.69. The van der Waals surface area contributed by atoms with E-state index in [2.05, 4.69) is 15.5 Å². The average molecular weight is 418 g/mol. The van der Waals surface area contributed by atoms with Gasteiger partial charge in [-0.3, -0.25) is 9.36 Å². The Morgan fingerprint density at radius 1 is 1.18 bits per heavy atom. The Morgan fingerprint density at radius 2 is 1.93 bits per heavy atom. The Bertz CT molecular complexity index is 1130. The highest BCUT2D eigenvalue weighted by Crippen LogP contribution is 2.23. The molecule has 3 rings (SSSR count). The Kier molecular flexibility index (Phi) is 5.82. The molecule has 2 aromatic carbocycles. The number of benzene rings is 2. The highest BCUT2D eigenvalue weighted by molar-refractivity contribution is 7.99. The van der Waals surface area contributed by atoms with Crippen molar-refractivity contribution in [2.45, 2.75) is 23.9 Å². The van der Waals surface area contributed by atoms with Gasteiger partial charge in [0.1, 0.15) is 6.33 Å². The lowest BCUT2D eigenvalue weighted by atomic mass is 10.2. The predicted octanol–water partition coefficient (Wildman–Crippen LogP) is 2.26. The van der Waals surface area contributed by atoms with Gasteiger partial charge in [0.05, 0.1) is 16.3 Å². The molecule has 3 N–H and O–H groups in total. The molecule has 28 heavy (non-hydrogen) atoms. The predicted molar refractivity (Wildman–Crippen MR) is 108 cm³/mol. The van der Waals surface area contributed by atoms with E-state index in [-0.39, 0.29) is 16.6 Å². The van der Waals surface area contributed by atoms with Gasteiger partial charge in [0.15, 0.2) is 5.16 Å². The molecule has 1 amide bonds. The third-order valence-corrected chi connectivity index (χ3v) is 6.00. The van der Waals surface area contributed by atoms with Gasteiger partial charge in [-0.1, -0.05) is 36.0 Å². The lowest BCUT2D eigenvalue weighted by Gasteiger charge is -2.10. The van der Waals surface area contributed by atoms with Crippen LogP contribution in [0.4, 0.5) is 5.69 Å². The molecule has 0 atom stereocenters. The first kappa shape index (κ1) is 20.1. The molecule has 0 unspecified atom stereocenters. The lowest BCUT2D eigenvalue weighted by molar-refractivity contribution is -0.113. The number of hydrogen-bond acceptors (Lipinski definition) is 6. The smallest absolute Gasteiger partial charge is 0.238 e. The first-order chi connectivity index (χ1) is 13.3. The summed E-state index contributed by atoms with van der Waals surface area (Å²) in [6, 6.07) is 12.4. The fourth-order valence-electron chi connectivity index (χ4n) is 2.63. The number of nitrogens with zero attached hydrogens (tertiary/aromatic N) is 3. The summed E-state index contributed by atoms with van der Waals surface area (Å²) in [5, 5.41) is 16.5. The van der Waals surface area contributed by atoms with Crippen LogP contribution in [0, 0.1) is 13.8 Å². The number of primary sulfonamides is 1. The van der Waals surface area contributed by atoms with Gasteiger partial charge >= 0.3 is 0 Å². The zero-order chi connectivity index (χ0) is 20.3. The van der Waals surface area contributed by atoms with Crippen molar-refractivity contribution in [1.82, 2.24) is 14.8 Å². The van der Waals surface area contributed by atoms with Crippen molar-refractivity contribution in [1.29, 1.82) is 0 Å². The molecule has 0 aliphatic rings. The van der Waals surface area contributed by atoms with E-state index in [1.807, 2.05) is 35.8 Å². The summed E-state index contributed by atoms with van der Waals surface area (Å²) < 4.78 is 25.0. The summed E-state index contributed by atoms with van der Waals surface area (Å²) >= 11 is 1.23. The maximum Gasteiger partial charge on any atom is 0.238 e. The van der Waals surface area contributed by atoms with Crippen LogP contribution >= 0.6 is 11.8 Å². The minimum absolute atomic E-state index is 0.0164. The van der Waals surface area contributed by atoms with Gasteiger partial charge in [-0.15, -0.1) is 10.2 Å². The fraction of sp³-hybridized carbons (Fsp3) is 0.167. The molecule has 10 heteroatoms. The molecule has 0 radical (unpaired) electrons. The van der Waals surface area contributed by atoms with Gasteiger partial charge < -0.3 is 5.32 Å². The number of nitrogens with one attached hydrogen (secondary N) is 1. The molecule has 146 valence electrons. The van der Waals surface area contributed by atoms with Crippen LogP contribution in [0.5, 0.6) is 0 Å². The van der Waals surface area contributed by atoms with Crippen LogP contribution in [0.15, 0.2) is 58.8 Å². The van der Waals surface area contributed by atoms with E-state index in [4.69, 9.17) is 5.14 Å². The second-order valence-electron chi connectivity index (χ2n) is 6.13. The third-order valence-electron chi connectivity index (χ3n) is 4.00. The summed E-state index contributed by atoms with van der Waals surface area (Å²) in [5.41, 5.74) is 2.87. The van der Waals surface area contributed by atoms with Crippen LogP contribution in [0.25, 0.3) is 5.69 Å². The number of para-hydroxylation sites is 1. The monoisotopic (exact) mass is 417 g/mol. The molecule has 8 nitrogen and oxygen atoms in total. The molecule has 0 saturated carbocycles. The van der Waals surface area contributed by atoms with Crippen LogP contribution < -0.4 is 10.5 Å². The van der Waals surface area contributed by atoms with E-state index < -0.39 is 10.0 Å². The van der Waals surface area contributed by atoms with Crippen LogP contribution in [0.1, 0.15) is 11.1 Å². The van der Waals surface area contributed by atoms with Gasteiger partial charge in [-0.05, 0) is 43.2 Å². The molecule has 0 saturated heterocycles. The van der Waals surface area contributed by atoms with Crippen LogP contribution in [-0.2, 0) is 14.8 Å². The number of aryl methyl sites for hydroxylation is 2. The van der Waals surface area contributed by atoms with E-state index in [1.54, 1.807) is 25.4 Å². The number of carbonyl (C=O) groups excluding carboxylic acids is 1. The van der Waals surface area contributed by atoms with E-state index in [0.29, 0.717) is 16.4 Å². The van der Waals surface area contributed by atoms with Crippen molar-refractivity contribution < 1.29 is 13.2 Å². The number of thioether (sulfide) groups is 1. The Morgan fingerprint density at radius 3 is 2.64 bits per heavy atom. The molecule has 0 spiro atoms. The van der Waals surface area contributed by atoms with Crippen molar-refractivity contribution in [3.8, 4) is 5.69 Å². The second-order valence-corrected chi connectivity index (χ2v) is 8.60. The Balaban J connectivity index is 1.70. The summed E-state index contributed by atoms with van der Waals surface area (Å²) in [4.78, 5) is 12.3. The highest BCUT2D eigenvalue weighted by atomic mass is 32.2. The van der Waals surface area contributed by atoms with Gasteiger partial charge in [0.25, 0.3) is 0 Å². The van der Waals surface area contributed by atoms with Crippen LogP contribution in [0.3, 0.4) is 0 Å². The first-order valence-electron chi connectivity index (χ1n) is 8.28. The third kappa shape index (κ3) is 4.58. The number of sulfonamides is 1. The maximum absolute atomic E-state index is 12.3. The van der Waals surface area contributed by atoms with Gasteiger partial charge in [-0.2, -0.15) is 0 Å². The molecule has 1 aromatic heterocycles. The van der Waals surface area contributed by atoms with Gasteiger partial charge in [0, 0.05) is 5.69 Å². The summed E-state index contributed by atoms with van der Waals surface area (Å²) in [6.45, 7) is 3.62. The standard InChI is InChI=1S/C18H19N5O3S2/c1-12-5-3-4-6-15(12)23-11-20-22-18(23)27-10-17(24)21-14-8-7-13(2)16(9-14)28(19,25)26/h3-9,11H,10H2,1-2H3,(H,21,24)(H2,19,25,26). The zero-order valence-corrected chi connectivity index (χ0v) is 16.9. The van der Waals surface area contributed by atoms with Crippen molar-refractivity contribution in [2.75, 3.05) is 11.1 Å². The van der Waals surface area contributed by atoms with Crippen LogP contribution in [-0.4, -0.2) is 34.8 Å². The Labute approximate surface area is 167 Å². The summed E-state index contributed by atoms with van der Waals surface area (Å²) in [6.07, 6.45) is 1.60. The van der Waals surface area contributed by atoms with Gasteiger partial charge in [0.2, 0.25) is 15.9 Å². The van der Waals surface area contributed by atoms with Crippen molar-refractivity contribution in [3.05, 3.63) is 59.9 Å². The SMILES string of the molecule is Cc1ccccc1-n1cnnc1SCC(=O)Nc1ccc(C)c(S(N)(=O)=O)c1. The number of carbonyl (C=O) groups is 1. The fourth-order valence-corrected chi connectivity index (χ4v) is 4.16.